The average Bonchev–Trinajstić information content (AvgIpc) is 2.77. The van der Waals surface area contributed by atoms with Gasteiger partial charge < -0.3 is 0 Å². The Bertz CT molecular complexity index is 287. The number of alkyl halides is 1. The van der Waals surface area contributed by atoms with Crippen molar-refractivity contribution in [3.8, 4) is 0 Å². The van der Waals surface area contributed by atoms with Crippen molar-refractivity contribution < 1.29 is 8.42 Å². The zero-order valence-electron chi connectivity index (χ0n) is 10.5. The molecular formula is C12H24ClNO2S. The summed E-state index contributed by atoms with van der Waals surface area (Å²) < 4.78 is 25.8. The molecule has 17 heavy (non-hydrogen) atoms. The van der Waals surface area contributed by atoms with Gasteiger partial charge in [0.05, 0.1) is 5.75 Å². The van der Waals surface area contributed by atoms with Crippen LogP contribution in [0.2, 0.25) is 0 Å². The normalized spacial score (nSPS) is 17.7. The summed E-state index contributed by atoms with van der Waals surface area (Å²) in [6.07, 6.45) is 8.95. The molecule has 1 saturated carbocycles. The lowest BCUT2D eigenvalue weighted by Crippen LogP contribution is -2.27. The van der Waals surface area contributed by atoms with E-state index in [1.165, 1.54) is 32.1 Å². The third kappa shape index (κ3) is 7.27. The van der Waals surface area contributed by atoms with E-state index in [4.69, 9.17) is 11.6 Å². The van der Waals surface area contributed by atoms with Gasteiger partial charge in [0, 0.05) is 12.4 Å². The van der Waals surface area contributed by atoms with Gasteiger partial charge in [-0.25, -0.2) is 13.1 Å². The largest absolute Gasteiger partial charge is 0.215 e. The maximum atomic E-state index is 11.5. The van der Waals surface area contributed by atoms with E-state index in [0.717, 1.165) is 18.8 Å². The van der Waals surface area contributed by atoms with Gasteiger partial charge in [0.15, 0.2) is 0 Å². The van der Waals surface area contributed by atoms with Gasteiger partial charge in [-0.05, 0) is 31.6 Å². The van der Waals surface area contributed by atoms with Crippen molar-refractivity contribution in [3.63, 3.8) is 0 Å². The molecule has 1 aliphatic carbocycles. The van der Waals surface area contributed by atoms with Crippen LogP contribution in [0.5, 0.6) is 0 Å². The van der Waals surface area contributed by atoms with Crippen molar-refractivity contribution >= 4 is 21.6 Å². The SMILES string of the molecule is O=S(=O)(CCCCCl)NCCCC1CCCC1. The Balaban J connectivity index is 2.03. The fourth-order valence-corrected chi connectivity index (χ4v) is 3.75. The van der Waals surface area contributed by atoms with Crippen LogP contribution >= 0.6 is 11.6 Å². The quantitative estimate of drug-likeness (QED) is 0.522. The second-order valence-electron chi connectivity index (χ2n) is 4.90. The molecule has 5 heteroatoms. The van der Waals surface area contributed by atoms with Crippen molar-refractivity contribution in [1.29, 1.82) is 0 Å². The first-order chi connectivity index (χ1) is 8.14. The van der Waals surface area contributed by atoms with E-state index < -0.39 is 10.0 Å². The lowest BCUT2D eigenvalue weighted by atomic mass is 10.0. The number of nitrogens with one attached hydrogen (secondary N) is 1. The minimum absolute atomic E-state index is 0.211. The molecule has 0 bridgehead atoms. The number of hydrogen-bond acceptors (Lipinski definition) is 2. The number of unbranched alkanes of at least 4 members (excludes halogenated alkanes) is 1. The molecule has 0 atom stereocenters. The highest BCUT2D eigenvalue weighted by Crippen LogP contribution is 2.28. The molecule has 0 amide bonds. The third-order valence-corrected chi connectivity index (χ3v) is 5.12. The van der Waals surface area contributed by atoms with Crippen molar-refractivity contribution in [2.75, 3.05) is 18.2 Å². The van der Waals surface area contributed by atoms with Gasteiger partial charge in [0.1, 0.15) is 0 Å². The number of halogens is 1. The summed E-state index contributed by atoms with van der Waals surface area (Å²) in [7, 11) is -3.06. The van der Waals surface area contributed by atoms with Crippen LogP contribution in [0.4, 0.5) is 0 Å². The van der Waals surface area contributed by atoms with Crippen LogP contribution in [-0.2, 0) is 10.0 Å². The van der Waals surface area contributed by atoms with Gasteiger partial charge in [-0.15, -0.1) is 11.6 Å². The predicted molar refractivity (Wildman–Crippen MR) is 72.9 cm³/mol. The number of rotatable bonds is 9. The first-order valence-corrected chi connectivity index (χ1v) is 8.86. The highest BCUT2D eigenvalue weighted by atomic mass is 35.5. The van der Waals surface area contributed by atoms with Crippen LogP contribution in [0, 0.1) is 5.92 Å². The van der Waals surface area contributed by atoms with Gasteiger partial charge in [-0.2, -0.15) is 0 Å². The maximum absolute atomic E-state index is 11.5. The summed E-state index contributed by atoms with van der Waals surface area (Å²) in [6.45, 7) is 0.597. The van der Waals surface area contributed by atoms with Crippen LogP contribution in [-0.4, -0.2) is 26.6 Å². The molecular weight excluding hydrogens is 258 g/mol. The van der Waals surface area contributed by atoms with Crippen molar-refractivity contribution in [1.82, 2.24) is 4.72 Å². The summed E-state index contributed by atoms with van der Waals surface area (Å²) in [5.41, 5.74) is 0. The number of sulfonamides is 1. The van der Waals surface area contributed by atoms with Crippen molar-refractivity contribution in [2.45, 2.75) is 51.4 Å². The maximum Gasteiger partial charge on any atom is 0.211 e. The average molecular weight is 282 g/mol. The van der Waals surface area contributed by atoms with Crippen molar-refractivity contribution in [3.05, 3.63) is 0 Å². The zero-order valence-corrected chi connectivity index (χ0v) is 12.0. The fourth-order valence-electron chi connectivity index (χ4n) is 2.38. The molecule has 0 radical (unpaired) electrons. The Hall–Kier alpha value is 0.200. The second-order valence-corrected chi connectivity index (χ2v) is 7.21. The topological polar surface area (TPSA) is 46.2 Å². The molecule has 0 aromatic carbocycles. The molecule has 1 N–H and O–H groups in total. The smallest absolute Gasteiger partial charge is 0.211 e. The molecule has 0 aliphatic heterocycles. The van der Waals surface area contributed by atoms with Gasteiger partial charge in [0.2, 0.25) is 10.0 Å². The van der Waals surface area contributed by atoms with Gasteiger partial charge in [0.25, 0.3) is 0 Å². The highest BCUT2D eigenvalue weighted by molar-refractivity contribution is 7.89. The molecule has 0 aromatic heterocycles. The molecule has 0 heterocycles. The summed E-state index contributed by atoms with van der Waals surface area (Å²) in [5.74, 6) is 1.59. The standard InChI is InChI=1S/C12H24ClNO2S/c13-9-3-4-11-17(15,16)14-10-5-8-12-6-1-2-7-12/h12,14H,1-11H2. The highest BCUT2D eigenvalue weighted by Gasteiger charge is 2.15. The Morgan fingerprint density at radius 2 is 1.82 bits per heavy atom. The molecule has 102 valence electrons. The molecule has 0 saturated heterocycles. The van der Waals surface area contributed by atoms with E-state index in [-0.39, 0.29) is 5.75 Å². The van der Waals surface area contributed by atoms with Crippen LogP contribution in [0.25, 0.3) is 0 Å². The van der Waals surface area contributed by atoms with Crippen LogP contribution < -0.4 is 4.72 Å². The molecule has 1 aliphatic rings. The van der Waals surface area contributed by atoms with E-state index in [0.29, 0.717) is 18.8 Å². The van der Waals surface area contributed by atoms with E-state index in [9.17, 15) is 8.42 Å². The molecule has 0 unspecified atom stereocenters. The Morgan fingerprint density at radius 3 is 2.47 bits per heavy atom. The van der Waals surface area contributed by atoms with Gasteiger partial charge >= 0.3 is 0 Å². The summed E-state index contributed by atoms with van der Waals surface area (Å²) in [5, 5.41) is 0. The summed E-state index contributed by atoms with van der Waals surface area (Å²) in [6, 6.07) is 0. The minimum Gasteiger partial charge on any atom is -0.215 e. The van der Waals surface area contributed by atoms with Crippen LogP contribution in [0.3, 0.4) is 0 Å². The zero-order chi connectivity index (χ0) is 12.6. The van der Waals surface area contributed by atoms with Gasteiger partial charge in [-0.1, -0.05) is 25.7 Å². The second kappa shape index (κ2) is 8.33. The molecule has 1 fully saturated rings. The monoisotopic (exact) mass is 281 g/mol. The first kappa shape index (κ1) is 15.3. The molecule has 3 nitrogen and oxygen atoms in total. The Kier molecular flexibility index (Phi) is 7.47. The Labute approximate surface area is 110 Å². The molecule has 0 aromatic rings. The van der Waals surface area contributed by atoms with E-state index in [2.05, 4.69) is 4.72 Å². The summed E-state index contributed by atoms with van der Waals surface area (Å²) in [4.78, 5) is 0. The number of hydrogen-bond donors (Lipinski definition) is 1. The lowest BCUT2D eigenvalue weighted by Gasteiger charge is -2.09. The predicted octanol–water partition coefficient (Wildman–Crippen LogP) is 2.90. The van der Waals surface area contributed by atoms with Crippen LogP contribution in [0.15, 0.2) is 0 Å². The Morgan fingerprint density at radius 1 is 1.12 bits per heavy atom. The summed E-state index contributed by atoms with van der Waals surface area (Å²) >= 11 is 5.51. The van der Waals surface area contributed by atoms with Gasteiger partial charge in [-0.3, -0.25) is 0 Å². The third-order valence-electron chi connectivity index (χ3n) is 3.38. The van der Waals surface area contributed by atoms with Crippen molar-refractivity contribution in [2.24, 2.45) is 5.92 Å². The molecule has 0 spiro atoms. The lowest BCUT2D eigenvalue weighted by molar-refractivity contribution is 0.480. The first-order valence-electron chi connectivity index (χ1n) is 6.67. The fraction of sp³-hybridized carbons (Fsp3) is 1.00. The van der Waals surface area contributed by atoms with E-state index in [1.54, 1.807) is 0 Å². The van der Waals surface area contributed by atoms with Crippen LogP contribution in [0.1, 0.15) is 51.4 Å². The minimum atomic E-state index is -3.06. The molecule has 1 rings (SSSR count). The van der Waals surface area contributed by atoms with E-state index in [1.807, 2.05) is 0 Å². The van der Waals surface area contributed by atoms with E-state index >= 15 is 0 Å².